The van der Waals surface area contributed by atoms with E-state index in [2.05, 4.69) is 46.1 Å². The minimum Gasteiger partial charge on any atom is -0.336 e. The summed E-state index contributed by atoms with van der Waals surface area (Å²) in [5.74, 6) is 0.697. The third-order valence-corrected chi connectivity index (χ3v) is 4.11. The molecule has 0 bridgehead atoms. The van der Waals surface area contributed by atoms with Crippen molar-refractivity contribution in [3.8, 4) is 0 Å². The van der Waals surface area contributed by atoms with Gasteiger partial charge in [0.2, 0.25) is 0 Å². The molecule has 3 rings (SSSR count). The van der Waals surface area contributed by atoms with Crippen LogP contribution in [-0.4, -0.2) is 16.1 Å². The van der Waals surface area contributed by atoms with Crippen molar-refractivity contribution in [3.63, 3.8) is 0 Å². The van der Waals surface area contributed by atoms with Gasteiger partial charge in [0.25, 0.3) is 0 Å². The van der Waals surface area contributed by atoms with E-state index in [1.807, 2.05) is 18.7 Å². The molecule has 1 aromatic heterocycles. The monoisotopic (exact) mass is 255 g/mol. The van der Waals surface area contributed by atoms with Gasteiger partial charge in [-0.15, -0.1) is 0 Å². The largest absolute Gasteiger partial charge is 0.336 e. The lowest BCUT2D eigenvalue weighted by Crippen LogP contribution is -2.28. The summed E-state index contributed by atoms with van der Waals surface area (Å²) in [5.41, 5.74) is 3.01. The van der Waals surface area contributed by atoms with Crippen LogP contribution in [-0.2, 0) is 6.54 Å². The van der Waals surface area contributed by atoms with Crippen LogP contribution >= 0.6 is 0 Å². The van der Waals surface area contributed by atoms with Crippen LogP contribution < -0.4 is 5.32 Å². The van der Waals surface area contributed by atoms with E-state index in [1.165, 1.54) is 24.0 Å². The van der Waals surface area contributed by atoms with Crippen LogP contribution in [0.4, 0.5) is 0 Å². The van der Waals surface area contributed by atoms with Crippen LogP contribution in [0, 0.1) is 0 Å². The molecule has 0 aliphatic heterocycles. The molecular formula is C16H21N3. The van der Waals surface area contributed by atoms with Crippen molar-refractivity contribution in [1.82, 2.24) is 14.9 Å². The number of benzene rings is 1. The van der Waals surface area contributed by atoms with E-state index in [0.717, 1.165) is 13.1 Å². The highest BCUT2D eigenvalue weighted by molar-refractivity contribution is 5.34. The second-order valence-electron chi connectivity index (χ2n) is 5.41. The van der Waals surface area contributed by atoms with Crippen LogP contribution in [0.5, 0.6) is 0 Å². The zero-order chi connectivity index (χ0) is 13.1. The fourth-order valence-corrected chi connectivity index (χ4v) is 3.00. The van der Waals surface area contributed by atoms with Gasteiger partial charge in [-0.1, -0.05) is 31.2 Å². The molecule has 0 saturated heterocycles. The fourth-order valence-electron chi connectivity index (χ4n) is 3.00. The lowest BCUT2D eigenvalue weighted by atomic mass is 9.81. The summed E-state index contributed by atoms with van der Waals surface area (Å²) in [4.78, 5) is 4.07. The minimum atomic E-state index is 0.510. The van der Waals surface area contributed by atoms with E-state index >= 15 is 0 Å². The Morgan fingerprint density at radius 3 is 2.89 bits per heavy atom. The van der Waals surface area contributed by atoms with E-state index in [-0.39, 0.29) is 0 Å². The lowest BCUT2D eigenvalue weighted by Gasteiger charge is -2.30. The topological polar surface area (TPSA) is 29.9 Å². The average molecular weight is 255 g/mol. The Labute approximate surface area is 114 Å². The third-order valence-electron chi connectivity index (χ3n) is 4.11. The second kappa shape index (κ2) is 5.57. The summed E-state index contributed by atoms with van der Waals surface area (Å²) in [6, 6.07) is 9.38. The first-order valence-corrected chi connectivity index (χ1v) is 7.12. The van der Waals surface area contributed by atoms with Crippen LogP contribution in [0.15, 0.2) is 43.0 Å². The van der Waals surface area contributed by atoms with Crippen molar-refractivity contribution in [2.75, 3.05) is 6.54 Å². The second-order valence-corrected chi connectivity index (χ2v) is 5.41. The Morgan fingerprint density at radius 2 is 2.11 bits per heavy atom. The smallest absolute Gasteiger partial charge is 0.0946 e. The Morgan fingerprint density at radius 1 is 1.26 bits per heavy atom. The maximum atomic E-state index is 4.07. The predicted octanol–water partition coefficient (Wildman–Crippen LogP) is 3.11. The molecule has 1 N–H and O–H groups in total. The number of nitrogens with one attached hydrogen (secondary N) is 1. The van der Waals surface area contributed by atoms with Crippen LogP contribution in [0.3, 0.4) is 0 Å². The first-order valence-electron chi connectivity index (χ1n) is 7.12. The van der Waals surface area contributed by atoms with Crippen LogP contribution in [0.2, 0.25) is 0 Å². The van der Waals surface area contributed by atoms with E-state index < -0.39 is 0 Å². The molecule has 0 amide bonds. The number of imidazole rings is 1. The van der Waals surface area contributed by atoms with Gasteiger partial charge >= 0.3 is 0 Å². The molecule has 1 aliphatic rings. The molecule has 2 unspecified atom stereocenters. The van der Waals surface area contributed by atoms with Crippen molar-refractivity contribution in [3.05, 3.63) is 54.1 Å². The van der Waals surface area contributed by atoms with Gasteiger partial charge in [0, 0.05) is 31.5 Å². The summed E-state index contributed by atoms with van der Waals surface area (Å²) in [6.45, 7) is 4.30. The summed E-state index contributed by atoms with van der Waals surface area (Å²) in [6.07, 6.45) is 8.23. The molecule has 0 saturated carbocycles. The summed E-state index contributed by atoms with van der Waals surface area (Å²) in [5, 5.41) is 3.69. The van der Waals surface area contributed by atoms with E-state index in [1.54, 1.807) is 0 Å². The average Bonchev–Trinajstić information content (AvgIpc) is 2.95. The zero-order valence-corrected chi connectivity index (χ0v) is 11.4. The summed E-state index contributed by atoms with van der Waals surface area (Å²) in [7, 11) is 0. The molecule has 2 aromatic rings. The highest BCUT2D eigenvalue weighted by atomic mass is 15.0. The Hall–Kier alpha value is -1.61. The van der Waals surface area contributed by atoms with Gasteiger partial charge in [0.05, 0.1) is 6.33 Å². The van der Waals surface area contributed by atoms with Crippen molar-refractivity contribution < 1.29 is 0 Å². The molecule has 0 fully saturated rings. The number of rotatable bonds is 4. The highest BCUT2D eigenvalue weighted by Crippen LogP contribution is 2.36. The normalized spacial score (nSPS) is 22.2. The number of nitrogens with zero attached hydrogens (tertiary/aromatic N) is 2. The molecule has 1 aromatic carbocycles. The van der Waals surface area contributed by atoms with Gasteiger partial charge in [-0.3, -0.25) is 0 Å². The van der Waals surface area contributed by atoms with Crippen LogP contribution in [0.1, 0.15) is 42.9 Å². The van der Waals surface area contributed by atoms with Gasteiger partial charge in [0.1, 0.15) is 0 Å². The van der Waals surface area contributed by atoms with Gasteiger partial charge in [-0.2, -0.15) is 0 Å². The van der Waals surface area contributed by atoms with Crippen molar-refractivity contribution in [2.24, 2.45) is 0 Å². The quantitative estimate of drug-likeness (QED) is 0.909. The molecule has 0 radical (unpaired) electrons. The van der Waals surface area contributed by atoms with Gasteiger partial charge in [-0.25, -0.2) is 4.98 Å². The van der Waals surface area contributed by atoms with Crippen molar-refractivity contribution in [2.45, 2.75) is 38.3 Å². The van der Waals surface area contributed by atoms with Gasteiger partial charge in [-0.05, 0) is 29.9 Å². The molecule has 100 valence electrons. The molecule has 19 heavy (non-hydrogen) atoms. The molecule has 1 aliphatic carbocycles. The number of hydrogen-bond donors (Lipinski definition) is 1. The molecule has 2 atom stereocenters. The Bertz CT molecular complexity index is 519. The summed E-state index contributed by atoms with van der Waals surface area (Å²) >= 11 is 0. The molecule has 3 heteroatoms. The maximum Gasteiger partial charge on any atom is 0.0946 e. The van der Waals surface area contributed by atoms with Gasteiger partial charge < -0.3 is 9.88 Å². The van der Waals surface area contributed by atoms with Gasteiger partial charge in [0.15, 0.2) is 0 Å². The lowest BCUT2D eigenvalue weighted by molar-refractivity contribution is 0.422. The minimum absolute atomic E-state index is 0.510. The van der Waals surface area contributed by atoms with Crippen molar-refractivity contribution >= 4 is 0 Å². The third kappa shape index (κ3) is 2.71. The maximum absolute atomic E-state index is 4.07. The summed E-state index contributed by atoms with van der Waals surface area (Å²) < 4.78 is 2.12. The van der Waals surface area contributed by atoms with E-state index in [4.69, 9.17) is 0 Å². The highest BCUT2D eigenvalue weighted by Gasteiger charge is 2.23. The molecule has 0 spiro atoms. The first-order chi connectivity index (χ1) is 9.34. The first kappa shape index (κ1) is 12.4. The fraction of sp³-hybridized carbons (Fsp3) is 0.438. The van der Waals surface area contributed by atoms with E-state index in [0.29, 0.717) is 12.0 Å². The zero-order valence-electron chi connectivity index (χ0n) is 11.4. The molecular weight excluding hydrogens is 234 g/mol. The van der Waals surface area contributed by atoms with Crippen LogP contribution in [0.25, 0.3) is 0 Å². The SMILES string of the molecule is CC1CCC(NCCn2ccnc2)c2ccccc21. The Kier molecular flexibility index (Phi) is 3.65. The standard InChI is InChI=1S/C16H21N3/c1-13-6-7-16(15-5-3-2-4-14(13)15)18-9-11-19-10-8-17-12-19/h2-5,8,10,12-13,16,18H,6-7,9,11H2,1H3. The van der Waals surface area contributed by atoms with E-state index in [9.17, 15) is 0 Å². The molecule has 3 nitrogen and oxygen atoms in total. The van der Waals surface area contributed by atoms with Crippen molar-refractivity contribution in [1.29, 1.82) is 0 Å². The predicted molar refractivity (Wildman–Crippen MR) is 77.1 cm³/mol. The molecule has 1 heterocycles. The Balaban J connectivity index is 1.64. The number of hydrogen-bond acceptors (Lipinski definition) is 2. The number of aromatic nitrogens is 2. The number of fused-ring (bicyclic) bond motifs is 1.